The molecule has 0 aliphatic heterocycles. The summed E-state index contributed by atoms with van der Waals surface area (Å²) in [6.07, 6.45) is 0. The Bertz CT molecular complexity index is 498. The number of halogens is 1. The number of rotatable bonds is 4. The van der Waals surface area contributed by atoms with Crippen LogP contribution in [0.15, 0.2) is 24.3 Å². The van der Waals surface area contributed by atoms with Crippen molar-refractivity contribution >= 4 is 0 Å². The van der Waals surface area contributed by atoms with E-state index in [1.165, 1.54) is 0 Å². The van der Waals surface area contributed by atoms with Gasteiger partial charge < -0.3 is 4.74 Å². The number of benzene rings is 1. The second kappa shape index (κ2) is 4.40. The van der Waals surface area contributed by atoms with Crippen LogP contribution in [0, 0.1) is 37.4 Å². The third-order valence-electron chi connectivity index (χ3n) is 1.70. The van der Waals surface area contributed by atoms with Crippen molar-refractivity contribution in [2.75, 3.05) is 0 Å². The van der Waals surface area contributed by atoms with Crippen molar-refractivity contribution in [2.24, 2.45) is 0 Å². The van der Waals surface area contributed by atoms with E-state index in [-0.39, 0.29) is 0 Å². The summed E-state index contributed by atoms with van der Waals surface area (Å²) in [5.74, 6) is -4.77. The first-order chi connectivity index (χ1) is 7.92. The highest BCUT2D eigenvalue weighted by Crippen LogP contribution is 2.20. The molecule has 0 atom stereocenters. The second-order valence-corrected chi connectivity index (χ2v) is 2.79. The smallest absolute Gasteiger partial charge is 0.358 e. The molecular formula is C8H4FN3O5. The Balaban J connectivity index is 3.16. The van der Waals surface area contributed by atoms with Crippen LogP contribution in [0.5, 0.6) is 5.75 Å². The van der Waals surface area contributed by atoms with Gasteiger partial charge in [-0.3, -0.25) is 20.2 Å². The Labute approximate surface area is 93.1 Å². The van der Waals surface area contributed by atoms with E-state index in [0.717, 1.165) is 24.3 Å². The largest absolute Gasteiger partial charge is 0.714 e. The zero-order chi connectivity index (χ0) is 13.1. The van der Waals surface area contributed by atoms with E-state index >= 15 is 0 Å². The first kappa shape index (κ1) is 12.3. The van der Waals surface area contributed by atoms with Crippen LogP contribution >= 0.6 is 0 Å². The summed E-state index contributed by atoms with van der Waals surface area (Å²) in [5, 5.41) is 29.5. The van der Waals surface area contributed by atoms with Gasteiger partial charge in [-0.05, 0) is 12.1 Å². The monoisotopic (exact) mass is 241 g/mol. The van der Waals surface area contributed by atoms with E-state index in [4.69, 9.17) is 5.26 Å². The molecule has 0 spiro atoms. The molecule has 0 saturated carbocycles. The molecule has 1 aromatic carbocycles. The molecule has 0 bridgehead atoms. The molecule has 0 heterocycles. The van der Waals surface area contributed by atoms with Gasteiger partial charge in [0.25, 0.3) is 6.07 Å². The van der Waals surface area contributed by atoms with Crippen LogP contribution in [-0.2, 0) is 0 Å². The van der Waals surface area contributed by atoms with E-state index < -0.39 is 27.3 Å². The van der Waals surface area contributed by atoms with E-state index in [1.54, 1.807) is 0 Å². The summed E-state index contributed by atoms with van der Waals surface area (Å²) < 4.78 is 17.1. The fourth-order valence-corrected chi connectivity index (χ4v) is 0.940. The molecule has 0 radical (unpaired) electrons. The third-order valence-corrected chi connectivity index (χ3v) is 1.70. The molecule has 0 fully saturated rings. The number of ether oxygens (including phenoxy) is 1. The van der Waals surface area contributed by atoms with E-state index in [1.807, 2.05) is 0 Å². The zero-order valence-electron chi connectivity index (χ0n) is 8.07. The van der Waals surface area contributed by atoms with Gasteiger partial charge in [-0.25, -0.2) is 4.39 Å². The van der Waals surface area contributed by atoms with Crippen LogP contribution in [0.4, 0.5) is 4.39 Å². The molecule has 9 heteroatoms. The van der Waals surface area contributed by atoms with Crippen molar-refractivity contribution in [3.8, 4) is 11.8 Å². The highest BCUT2D eigenvalue weighted by molar-refractivity contribution is 5.23. The van der Waals surface area contributed by atoms with Crippen molar-refractivity contribution in [1.29, 1.82) is 5.26 Å². The molecule has 8 nitrogen and oxygen atoms in total. The topological polar surface area (TPSA) is 119 Å². The Morgan fingerprint density at radius 1 is 1.35 bits per heavy atom. The normalized spacial score (nSPS) is 10.4. The highest BCUT2D eigenvalue weighted by Gasteiger charge is 2.62. The third kappa shape index (κ3) is 2.25. The number of hydrogen-bond acceptors (Lipinski definition) is 6. The molecule has 1 rings (SSSR count). The number of nitrogens with zero attached hydrogens (tertiary/aromatic N) is 3. The lowest BCUT2D eigenvalue weighted by Gasteiger charge is -2.10. The fourth-order valence-electron chi connectivity index (χ4n) is 0.940. The van der Waals surface area contributed by atoms with Crippen LogP contribution in [-0.4, -0.2) is 15.7 Å². The summed E-state index contributed by atoms with van der Waals surface area (Å²) in [5.41, 5.74) is 0. The lowest BCUT2D eigenvalue weighted by Crippen LogP contribution is -2.50. The average Bonchev–Trinajstić information content (AvgIpc) is 2.25. The Morgan fingerprint density at radius 3 is 2.35 bits per heavy atom. The summed E-state index contributed by atoms with van der Waals surface area (Å²) in [6, 6.07) is 4.74. The minimum absolute atomic E-state index is 0.486. The SMILES string of the molecule is N#CC(Oc1cccc(F)c1)([N+](=O)[O-])[N+](=O)[O-]. The Kier molecular flexibility index (Phi) is 3.18. The zero-order valence-corrected chi connectivity index (χ0v) is 8.07. The quantitative estimate of drug-likeness (QED) is 0.439. The molecule has 0 aliphatic rings. The molecule has 17 heavy (non-hydrogen) atoms. The van der Waals surface area contributed by atoms with Gasteiger partial charge in [-0.2, -0.15) is 5.26 Å². The maximum Gasteiger partial charge on any atom is 0.714 e. The Hall–Kier alpha value is -2.76. The van der Waals surface area contributed by atoms with E-state index in [0.29, 0.717) is 6.07 Å². The highest BCUT2D eigenvalue weighted by atomic mass is 19.1. The maximum atomic E-state index is 12.7. The second-order valence-electron chi connectivity index (χ2n) is 2.79. The van der Waals surface area contributed by atoms with Gasteiger partial charge in [0.15, 0.2) is 9.85 Å². The molecule has 88 valence electrons. The van der Waals surface area contributed by atoms with Crippen LogP contribution in [0.1, 0.15) is 0 Å². The summed E-state index contributed by atoms with van der Waals surface area (Å²) in [7, 11) is 0. The van der Waals surface area contributed by atoms with Crippen molar-refractivity contribution in [2.45, 2.75) is 5.85 Å². The molecule has 0 amide bonds. The maximum absolute atomic E-state index is 12.7. The molecular weight excluding hydrogens is 237 g/mol. The van der Waals surface area contributed by atoms with Crippen LogP contribution in [0.3, 0.4) is 0 Å². The lowest BCUT2D eigenvalue weighted by atomic mass is 10.3. The van der Waals surface area contributed by atoms with E-state index in [2.05, 4.69) is 4.74 Å². The molecule has 0 saturated heterocycles. The molecule has 0 unspecified atom stereocenters. The van der Waals surface area contributed by atoms with Gasteiger partial charge >= 0.3 is 5.85 Å². The van der Waals surface area contributed by atoms with Gasteiger partial charge in [-0.15, -0.1) is 0 Å². The minimum atomic E-state index is -3.48. The predicted octanol–water partition coefficient (Wildman–Crippen LogP) is 0.935. The molecule has 0 aliphatic carbocycles. The average molecular weight is 241 g/mol. The minimum Gasteiger partial charge on any atom is -0.358 e. The molecule has 0 N–H and O–H groups in total. The lowest BCUT2D eigenvalue weighted by molar-refractivity contribution is -0.819. The number of nitro groups is 2. The van der Waals surface area contributed by atoms with Crippen LogP contribution in [0.25, 0.3) is 0 Å². The Morgan fingerprint density at radius 2 is 1.94 bits per heavy atom. The van der Waals surface area contributed by atoms with E-state index in [9.17, 15) is 24.6 Å². The first-order valence-electron chi connectivity index (χ1n) is 4.07. The van der Waals surface area contributed by atoms with Crippen molar-refractivity contribution < 1.29 is 19.0 Å². The first-order valence-corrected chi connectivity index (χ1v) is 4.07. The van der Waals surface area contributed by atoms with Crippen molar-refractivity contribution in [3.05, 3.63) is 50.3 Å². The summed E-state index contributed by atoms with van der Waals surface area (Å²) in [4.78, 5) is 18.0. The van der Waals surface area contributed by atoms with Gasteiger partial charge in [0.05, 0.1) is 0 Å². The van der Waals surface area contributed by atoms with Gasteiger partial charge in [0.1, 0.15) is 11.6 Å². The summed E-state index contributed by atoms with van der Waals surface area (Å²) in [6.45, 7) is 0. The number of hydrogen-bond donors (Lipinski definition) is 0. The summed E-state index contributed by atoms with van der Waals surface area (Å²) >= 11 is 0. The molecule has 0 aromatic heterocycles. The van der Waals surface area contributed by atoms with Gasteiger partial charge in [-0.1, -0.05) is 6.07 Å². The van der Waals surface area contributed by atoms with Gasteiger partial charge in [0, 0.05) is 6.07 Å². The predicted molar refractivity (Wildman–Crippen MR) is 49.4 cm³/mol. The molecule has 1 aromatic rings. The number of nitriles is 1. The van der Waals surface area contributed by atoms with Gasteiger partial charge in [0.2, 0.25) is 0 Å². The van der Waals surface area contributed by atoms with Crippen molar-refractivity contribution in [3.63, 3.8) is 0 Å². The standard InChI is InChI=1S/C8H4FN3O5/c9-6-2-1-3-7(4-6)17-8(5-10,11(13)14)12(15)16/h1-4H. The fraction of sp³-hybridized carbons (Fsp3) is 0.125. The van der Waals surface area contributed by atoms with Crippen LogP contribution in [0.2, 0.25) is 0 Å². The van der Waals surface area contributed by atoms with Crippen molar-refractivity contribution in [1.82, 2.24) is 0 Å². The van der Waals surface area contributed by atoms with Crippen LogP contribution < -0.4 is 4.74 Å².